The molecular formula is C13H18O3S. The van der Waals surface area contributed by atoms with Gasteiger partial charge in [0.15, 0.2) is 0 Å². The highest BCUT2D eigenvalue weighted by Gasteiger charge is 2.38. The summed E-state index contributed by atoms with van der Waals surface area (Å²) in [6.07, 6.45) is 2.73. The topological polar surface area (TPSA) is 46.5 Å². The van der Waals surface area contributed by atoms with E-state index in [-0.39, 0.29) is 11.9 Å². The Hall–Kier alpha value is -0.870. The minimum atomic E-state index is -0.725. The molecule has 17 heavy (non-hydrogen) atoms. The number of hydrogen-bond acceptors (Lipinski definition) is 4. The van der Waals surface area contributed by atoms with Crippen molar-refractivity contribution in [3.8, 4) is 0 Å². The summed E-state index contributed by atoms with van der Waals surface area (Å²) in [5.74, 6) is -0.143. The molecule has 1 aromatic rings. The highest BCUT2D eigenvalue weighted by Crippen LogP contribution is 2.41. The van der Waals surface area contributed by atoms with Crippen LogP contribution < -0.4 is 0 Å². The van der Waals surface area contributed by atoms with Gasteiger partial charge in [0.25, 0.3) is 0 Å². The second kappa shape index (κ2) is 5.19. The summed E-state index contributed by atoms with van der Waals surface area (Å²) < 4.78 is 5.02. The van der Waals surface area contributed by atoms with Crippen LogP contribution in [0.2, 0.25) is 0 Å². The van der Waals surface area contributed by atoms with Crippen LogP contribution >= 0.6 is 11.3 Å². The molecule has 0 aliphatic heterocycles. The first-order chi connectivity index (χ1) is 8.15. The molecule has 1 aliphatic rings. The van der Waals surface area contributed by atoms with Crippen LogP contribution in [0.4, 0.5) is 0 Å². The van der Waals surface area contributed by atoms with E-state index < -0.39 is 5.60 Å². The van der Waals surface area contributed by atoms with Gasteiger partial charge in [-0.3, -0.25) is 4.79 Å². The summed E-state index contributed by atoms with van der Waals surface area (Å²) in [4.78, 5) is 12.6. The van der Waals surface area contributed by atoms with E-state index in [1.54, 1.807) is 11.3 Å². The number of thiophene rings is 1. The van der Waals surface area contributed by atoms with Gasteiger partial charge in [0.05, 0.1) is 18.1 Å². The summed E-state index contributed by atoms with van der Waals surface area (Å²) in [6, 6.07) is 3.92. The average molecular weight is 254 g/mol. The molecule has 0 atom stereocenters. The van der Waals surface area contributed by atoms with E-state index in [1.807, 2.05) is 24.4 Å². The van der Waals surface area contributed by atoms with Gasteiger partial charge in [0, 0.05) is 4.88 Å². The number of carbonyl (C=O) groups excluding carboxylic acids is 1. The maximum absolute atomic E-state index is 11.6. The Balaban J connectivity index is 1.96. The van der Waals surface area contributed by atoms with Crippen molar-refractivity contribution in [2.45, 2.75) is 38.2 Å². The fourth-order valence-corrected chi connectivity index (χ4v) is 3.27. The Morgan fingerprint density at radius 1 is 1.59 bits per heavy atom. The van der Waals surface area contributed by atoms with E-state index in [1.165, 1.54) is 0 Å². The van der Waals surface area contributed by atoms with Crippen molar-refractivity contribution in [3.63, 3.8) is 0 Å². The lowest BCUT2D eigenvalue weighted by atomic mass is 9.78. The molecule has 94 valence electrons. The van der Waals surface area contributed by atoms with Gasteiger partial charge in [-0.05, 0) is 44.1 Å². The Bertz CT molecular complexity index is 364. The first kappa shape index (κ1) is 12.6. The number of carbonyl (C=O) groups is 1. The van der Waals surface area contributed by atoms with Crippen molar-refractivity contribution in [2.24, 2.45) is 5.92 Å². The smallest absolute Gasteiger partial charge is 0.308 e. The first-order valence-electron chi connectivity index (χ1n) is 6.09. The van der Waals surface area contributed by atoms with Gasteiger partial charge in [-0.1, -0.05) is 6.07 Å². The van der Waals surface area contributed by atoms with E-state index in [0.29, 0.717) is 32.3 Å². The highest BCUT2D eigenvalue weighted by atomic mass is 32.1. The molecule has 1 aromatic heterocycles. The third-order valence-corrected chi connectivity index (χ3v) is 4.48. The number of esters is 1. The fraction of sp³-hybridized carbons (Fsp3) is 0.615. The molecule has 3 nitrogen and oxygen atoms in total. The lowest BCUT2D eigenvalue weighted by Crippen LogP contribution is -2.33. The van der Waals surface area contributed by atoms with Gasteiger partial charge in [0.2, 0.25) is 0 Å². The van der Waals surface area contributed by atoms with E-state index in [0.717, 1.165) is 4.88 Å². The van der Waals surface area contributed by atoms with Crippen LogP contribution in [0.15, 0.2) is 17.5 Å². The number of hydrogen-bond donors (Lipinski definition) is 1. The zero-order valence-corrected chi connectivity index (χ0v) is 10.8. The predicted octanol–water partition coefficient (Wildman–Crippen LogP) is 2.69. The van der Waals surface area contributed by atoms with Gasteiger partial charge in [-0.15, -0.1) is 11.3 Å². The number of aliphatic hydroxyl groups is 1. The summed E-state index contributed by atoms with van der Waals surface area (Å²) in [7, 11) is 0. The SMILES string of the molecule is CCOC(=O)C1CCC(O)(c2cccs2)CC1. The molecule has 0 unspecified atom stereocenters. The average Bonchev–Trinajstić information content (AvgIpc) is 2.84. The molecule has 0 amide bonds. The largest absolute Gasteiger partial charge is 0.466 e. The molecular weight excluding hydrogens is 236 g/mol. The minimum Gasteiger partial charge on any atom is -0.466 e. The quantitative estimate of drug-likeness (QED) is 0.844. The van der Waals surface area contributed by atoms with Crippen LogP contribution in [0.25, 0.3) is 0 Å². The number of ether oxygens (including phenoxy) is 1. The molecule has 0 aromatic carbocycles. The van der Waals surface area contributed by atoms with Gasteiger partial charge in [-0.25, -0.2) is 0 Å². The standard InChI is InChI=1S/C13H18O3S/c1-2-16-12(14)10-5-7-13(15,8-6-10)11-4-3-9-17-11/h3-4,9-10,15H,2,5-8H2,1H3. The van der Waals surface area contributed by atoms with Crippen LogP contribution in [0.1, 0.15) is 37.5 Å². The van der Waals surface area contributed by atoms with Crippen LogP contribution in [0.5, 0.6) is 0 Å². The van der Waals surface area contributed by atoms with Crippen molar-refractivity contribution in [1.82, 2.24) is 0 Å². The van der Waals surface area contributed by atoms with Gasteiger partial charge < -0.3 is 9.84 Å². The van der Waals surface area contributed by atoms with E-state index >= 15 is 0 Å². The van der Waals surface area contributed by atoms with Crippen LogP contribution in [-0.4, -0.2) is 17.7 Å². The zero-order valence-electron chi connectivity index (χ0n) is 10.0. The van der Waals surface area contributed by atoms with Crippen molar-refractivity contribution in [1.29, 1.82) is 0 Å². The monoisotopic (exact) mass is 254 g/mol. The lowest BCUT2D eigenvalue weighted by Gasteiger charge is -2.34. The molecule has 0 radical (unpaired) electrons. The zero-order chi connectivity index (χ0) is 12.3. The Morgan fingerprint density at radius 3 is 2.82 bits per heavy atom. The van der Waals surface area contributed by atoms with Gasteiger partial charge in [0.1, 0.15) is 0 Å². The third kappa shape index (κ3) is 2.69. The van der Waals surface area contributed by atoms with Gasteiger partial charge in [-0.2, -0.15) is 0 Å². The predicted molar refractivity (Wildman–Crippen MR) is 66.8 cm³/mol. The fourth-order valence-electron chi connectivity index (χ4n) is 2.38. The Kier molecular flexibility index (Phi) is 3.84. The normalized spacial score (nSPS) is 28.9. The summed E-state index contributed by atoms with van der Waals surface area (Å²) in [5, 5.41) is 12.5. The minimum absolute atomic E-state index is 0.0322. The van der Waals surface area contributed by atoms with E-state index in [2.05, 4.69) is 0 Å². The second-order valence-corrected chi connectivity index (χ2v) is 5.48. The number of rotatable bonds is 3. The lowest BCUT2D eigenvalue weighted by molar-refractivity contribution is -0.151. The van der Waals surface area contributed by atoms with Crippen molar-refractivity contribution >= 4 is 17.3 Å². The molecule has 1 fully saturated rings. The molecule has 0 spiro atoms. The molecule has 0 saturated heterocycles. The first-order valence-corrected chi connectivity index (χ1v) is 6.96. The molecule has 1 aliphatic carbocycles. The second-order valence-electron chi connectivity index (χ2n) is 4.54. The van der Waals surface area contributed by atoms with Crippen molar-refractivity contribution in [3.05, 3.63) is 22.4 Å². The Labute approximate surface area is 105 Å². The summed E-state index contributed by atoms with van der Waals surface area (Å²) in [6.45, 7) is 2.26. The van der Waals surface area contributed by atoms with E-state index in [4.69, 9.17) is 4.74 Å². The summed E-state index contributed by atoms with van der Waals surface area (Å²) in [5.41, 5.74) is -0.725. The third-order valence-electron chi connectivity index (χ3n) is 3.41. The summed E-state index contributed by atoms with van der Waals surface area (Å²) >= 11 is 1.58. The van der Waals surface area contributed by atoms with Crippen LogP contribution in [0.3, 0.4) is 0 Å². The molecule has 1 N–H and O–H groups in total. The molecule has 2 rings (SSSR count). The van der Waals surface area contributed by atoms with Crippen molar-refractivity contribution in [2.75, 3.05) is 6.61 Å². The maximum Gasteiger partial charge on any atom is 0.308 e. The molecule has 1 heterocycles. The molecule has 4 heteroatoms. The molecule has 1 saturated carbocycles. The van der Waals surface area contributed by atoms with Crippen LogP contribution in [-0.2, 0) is 15.1 Å². The highest BCUT2D eigenvalue weighted by molar-refractivity contribution is 7.10. The van der Waals surface area contributed by atoms with Crippen molar-refractivity contribution < 1.29 is 14.6 Å². The van der Waals surface area contributed by atoms with E-state index in [9.17, 15) is 9.90 Å². The Morgan fingerprint density at radius 2 is 2.29 bits per heavy atom. The van der Waals surface area contributed by atoms with Crippen LogP contribution in [0, 0.1) is 5.92 Å². The van der Waals surface area contributed by atoms with Gasteiger partial charge >= 0.3 is 5.97 Å². The molecule has 0 bridgehead atoms. The maximum atomic E-state index is 11.6.